The average Bonchev–Trinajstić information content (AvgIpc) is 3.39. The summed E-state index contributed by atoms with van der Waals surface area (Å²) in [5.41, 5.74) is 4.17. The summed E-state index contributed by atoms with van der Waals surface area (Å²) in [6, 6.07) is 12.9. The van der Waals surface area contributed by atoms with E-state index in [2.05, 4.69) is 52.8 Å². The quantitative estimate of drug-likeness (QED) is 0.294. The first-order valence-electron chi connectivity index (χ1n) is 21.4. The van der Waals surface area contributed by atoms with Gasteiger partial charge in [-0.15, -0.1) is 0 Å². The number of carbonyl (C=O) groups is 1. The first-order valence-corrected chi connectivity index (χ1v) is 22.9. The number of ether oxygens (including phenoxy) is 1. The summed E-state index contributed by atoms with van der Waals surface area (Å²) in [6.07, 6.45) is 16.0. The van der Waals surface area contributed by atoms with Crippen LogP contribution in [0, 0.1) is 17.8 Å². The molecule has 4 aliphatic heterocycles. The van der Waals surface area contributed by atoms with Gasteiger partial charge in [-0.05, 0) is 117 Å². The number of anilines is 1. The number of halogens is 1. The molecule has 2 aromatic carbocycles. The fourth-order valence-corrected chi connectivity index (χ4v) is 11.2. The second-order valence-electron chi connectivity index (χ2n) is 15.9. The first-order chi connectivity index (χ1) is 26.8. The Balaban J connectivity index is 0.00000140. The summed E-state index contributed by atoms with van der Waals surface area (Å²) in [5, 5.41) is 7.71. The Morgan fingerprint density at radius 3 is 2.51 bits per heavy atom. The number of piperidine rings is 1. The second-order valence-corrected chi connectivity index (χ2v) is 18.1. The number of piperazine rings is 1. The highest BCUT2D eigenvalue weighted by Gasteiger charge is 2.40. The van der Waals surface area contributed by atoms with Crippen molar-refractivity contribution in [3.63, 3.8) is 0 Å². The molecule has 7 unspecified atom stereocenters. The summed E-state index contributed by atoms with van der Waals surface area (Å²) >= 11 is 6.51. The van der Waals surface area contributed by atoms with Crippen molar-refractivity contribution in [2.75, 3.05) is 71.5 Å². The van der Waals surface area contributed by atoms with E-state index in [9.17, 15) is 9.00 Å². The SMILES string of the molecule is CC.CCCc1cc(Cl)ccc1C1COc2ccc3cc2N(C1)CC1CCC1C(CN1CCN2CCCCC2C1)/C=C/CCC(CC)S(=O)N(C)C3=O.CO. The lowest BCUT2D eigenvalue weighted by molar-refractivity contribution is 0.0283. The normalized spacial score (nSPS) is 29.5. The van der Waals surface area contributed by atoms with E-state index in [0.29, 0.717) is 36.0 Å². The number of aliphatic hydroxyl groups is 1. The summed E-state index contributed by atoms with van der Waals surface area (Å²) in [7, 11) is 1.28. The molecule has 55 heavy (non-hydrogen) atoms. The number of fused-ring (bicyclic) bond motifs is 3. The third-order valence-electron chi connectivity index (χ3n) is 12.7. The third-order valence-corrected chi connectivity index (χ3v) is 14.8. The highest BCUT2D eigenvalue weighted by molar-refractivity contribution is 7.83. The van der Waals surface area contributed by atoms with Gasteiger partial charge in [-0.25, -0.2) is 4.21 Å². The molecule has 4 heterocycles. The van der Waals surface area contributed by atoms with Crippen LogP contribution in [0.1, 0.15) is 113 Å². The fraction of sp³-hybridized carbons (Fsp3) is 0.667. The number of aliphatic hydroxyl groups excluding tert-OH is 1. The number of nitrogens with zero attached hydrogens (tertiary/aromatic N) is 4. The van der Waals surface area contributed by atoms with E-state index in [1.54, 1.807) is 7.05 Å². The zero-order chi connectivity index (χ0) is 39.5. The smallest absolute Gasteiger partial charge is 0.265 e. The Morgan fingerprint density at radius 1 is 0.945 bits per heavy atom. The summed E-state index contributed by atoms with van der Waals surface area (Å²) in [5.74, 6) is 2.48. The average molecular weight is 798 g/mol. The molecule has 1 N–H and O–H groups in total. The van der Waals surface area contributed by atoms with Gasteiger partial charge in [0.05, 0.1) is 17.5 Å². The van der Waals surface area contributed by atoms with Crippen LogP contribution in [0.25, 0.3) is 0 Å². The van der Waals surface area contributed by atoms with Gasteiger partial charge in [-0.3, -0.25) is 18.9 Å². The van der Waals surface area contributed by atoms with Gasteiger partial charge < -0.3 is 14.7 Å². The molecule has 5 aliphatic rings. The van der Waals surface area contributed by atoms with Crippen molar-refractivity contribution in [3.05, 3.63) is 70.3 Å². The van der Waals surface area contributed by atoms with E-state index in [1.807, 2.05) is 38.1 Å². The van der Waals surface area contributed by atoms with Gasteiger partial charge in [0.15, 0.2) is 0 Å². The Kier molecular flexibility index (Phi) is 17.0. The number of carbonyl (C=O) groups excluding carboxylic acids is 1. The van der Waals surface area contributed by atoms with Crippen molar-refractivity contribution < 1.29 is 18.8 Å². The minimum absolute atomic E-state index is 0.0658. The van der Waals surface area contributed by atoms with E-state index in [0.717, 1.165) is 81.9 Å². The van der Waals surface area contributed by atoms with E-state index in [-0.39, 0.29) is 17.1 Å². The summed E-state index contributed by atoms with van der Waals surface area (Å²) < 4.78 is 21.9. The Hall–Kier alpha value is -2.43. The van der Waals surface area contributed by atoms with Crippen molar-refractivity contribution in [3.8, 4) is 5.75 Å². The molecule has 8 nitrogen and oxygen atoms in total. The standard InChI is InChI=1S/C42H59ClN4O3S.C2H6.CH4O/c1-4-10-30-23-35(43)16-18-38(30)34-27-47-26-33-14-17-39(33)32(25-45-21-22-46-20-9-8-12-36(46)28-45)11-6-7-13-37(5-2)51(49)44(3)42(48)31-15-19-41(50-29-34)40(47)24-31;2*1-2/h6,11,15-16,18-19,23-24,32-34,36-37,39H,4-5,7-10,12-14,17,20-22,25-29H2,1-3H3;1-2H3;2H,1H3/b11-6+;;. The van der Waals surface area contributed by atoms with E-state index in [4.69, 9.17) is 21.4 Å². The number of rotatable bonds is 6. The highest BCUT2D eigenvalue weighted by atomic mass is 35.5. The summed E-state index contributed by atoms with van der Waals surface area (Å²) in [4.78, 5) is 21.9. The highest BCUT2D eigenvalue weighted by Crippen LogP contribution is 2.45. The molecule has 1 amide bonds. The van der Waals surface area contributed by atoms with Crippen LogP contribution in [-0.2, 0) is 17.4 Å². The molecule has 0 aromatic heterocycles. The van der Waals surface area contributed by atoms with Gasteiger partial charge in [-0.1, -0.05) is 70.4 Å². The van der Waals surface area contributed by atoms with Gasteiger partial charge >= 0.3 is 0 Å². The molecular formula is C45H69ClN4O4S. The van der Waals surface area contributed by atoms with Crippen LogP contribution in [0.4, 0.5) is 5.69 Å². The predicted octanol–water partition coefficient (Wildman–Crippen LogP) is 8.59. The minimum Gasteiger partial charge on any atom is -0.491 e. The fourth-order valence-electron chi connectivity index (χ4n) is 9.63. The lowest BCUT2D eigenvalue weighted by Gasteiger charge is -2.48. The van der Waals surface area contributed by atoms with Gasteiger partial charge in [0.25, 0.3) is 5.91 Å². The number of aryl methyl sites for hydroxylation is 1. The van der Waals surface area contributed by atoms with Crippen molar-refractivity contribution in [1.82, 2.24) is 14.1 Å². The van der Waals surface area contributed by atoms with E-state index >= 15 is 0 Å². The number of benzene rings is 2. The largest absolute Gasteiger partial charge is 0.491 e. The third kappa shape index (κ3) is 10.6. The van der Waals surface area contributed by atoms with Crippen LogP contribution in [0.3, 0.4) is 0 Å². The number of allylic oxidation sites excluding steroid dienone is 1. The molecule has 306 valence electrons. The Labute approximate surface area is 340 Å². The van der Waals surface area contributed by atoms with Crippen molar-refractivity contribution in [2.24, 2.45) is 17.8 Å². The van der Waals surface area contributed by atoms with Crippen LogP contribution in [0.15, 0.2) is 48.6 Å². The minimum atomic E-state index is -1.42. The second kappa shape index (κ2) is 21.4. The molecule has 10 heteroatoms. The first kappa shape index (κ1) is 43.7. The van der Waals surface area contributed by atoms with E-state index in [1.165, 1.54) is 67.2 Å². The summed E-state index contributed by atoms with van der Waals surface area (Å²) in [6.45, 7) is 16.6. The lowest BCUT2D eigenvalue weighted by atomic mass is 9.66. The molecule has 1 saturated carbocycles. The number of hydrogen-bond acceptors (Lipinski definition) is 7. The maximum absolute atomic E-state index is 13.9. The van der Waals surface area contributed by atoms with E-state index < -0.39 is 11.0 Å². The molecule has 2 bridgehead atoms. The van der Waals surface area contributed by atoms with Gasteiger partial charge in [0, 0.05) is 76.0 Å². The monoisotopic (exact) mass is 796 g/mol. The van der Waals surface area contributed by atoms with Crippen LogP contribution < -0.4 is 9.64 Å². The van der Waals surface area contributed by atoms with Gasteiger partial charge in [-0.2, -0.15) is 0 Å². The van der Waals surface area contributed by atoms with Crippen molar-refractivity contribution in [2.45, 2.75) is 109 Å². The predicted molar refractivity (Wildman–Crippen MR) is 230 cm³/mol. The maximum atomic E-state index is 13.9. The number of hydrogen-bond donors (Lipinski definition) is 1. The molecule has 2 aromatic rings. The zero-order valence-electron chi connectivity index (χ0n) is 34.6. The van der Waals surface area contributed by atoms with Crippen molar-refractivity contribution >= 4 is 34.2 Å². The molecule has 2 saturated heterocycles. The van der Waals surface area contributed by atoms with Crippen LogP contribution >= 0.6 is 11.6 Å². The molecule has 3 fully saturated rings. The Bertz CT molecular complexity index is 1590. The Morgan fingerprint density at radius 2 is 1.76 bits per heavy atom. The molecule has 7 atom stereocenters. The van der Waals surface area contributed by atoms with Crippen LogP contribution in [0.5, 0.6) is 5.75 Å². The molecule has 0 radical (unpaired) electrons. The lowest BCUT2D eigenvalue weighted by Crippen LogP contribution is -2.56. The topological polar surface area (TPSA) is 76.6 Å². The maximum Gasteiger partial charge on any atom is 0.265 e. The van der Waals surface area contributed by atoms with Crippen LogP contribution in [0.2, 0.25) is 5.02 Å². The molecule has 1 aliphatic carbocycles. The molecule has 7 rings (SSSR count). The molecular weight excluding hydrogens is 728 g/mol. The van der Waals surface area contributed by atoms with Gasteiger partial charge in [0.2, 0.25) is 0 Å². The van der Waals surface area contributed by atoms with Crippen LogP contribution in [-0.4, -0.2) is 107 Å². The van der Waals surface area contributed by atoms with Crippen molar-refractivity contribution in [1.29, 1.82) is 0 Å². The molecule has 0 spiro atoms. The zero-order valence-corrected chi connectivity index (χ0v) is 36.1. The van der Waals surface area contributed by atoms with Gasteiger partial charge in [0.1, 0.15) is 16.7 Å². The number of amides is 1.